The van der Waals surface area contributed by atoms with E-state index in [1.54, 1.807) is 4.57 Å². The number of aromatic amines is 1. The van der Waals surface area contributed by atoms with Crippen molar-refractivity contribution < 1.29 is 14.5 Å². The molecule has 0 unspecified atom stereocenters. The lowest BCUT2D eigenvalue weighted by molar-refractivity contribution is -0.646. The first-order valence-electron chi connectivity index (χ1n) is 9.59. The molecule has 0 atom stereocenters. The SMILES string of the molecule is CC/C(=C\C[NH2+]CCCC(=O)c1ccc(F)cc1)n1c(=O)[nH]c2ccccc21. The van der Waals surface area contributed by atoms with Gasteiger partial charge in [0.1, 0.15) is 5.82 Å². The first-order chi connectivity index (χ1) is 13.6. The lowest BCUT2D eigenvalue weighted by Crippen LogP contribution is -2.84. The number of para-hydroxylation sites is 2. The molecule has 0 amide bonds. The van der Waals surface area contributed by atoms with E-state index in [1.165, 1.54) is 24.3 Å². The van der Waals surface area contributed by atoms with Gasteiger partial charge in [0, 0.05) is 24.1 Å². The van der Waals surface area contributed by atoms with Crippen LogP contribution in [0.4, 0.5) is 4.39 Å². The Kier molecular flexibility index (Phi) is 6.55. The molecular weight excluding hydrogens is 357 g/mol. The van der Waals surface area contributed by atoms with Crippen LogP contribution in [0.3, 0.4) is 0 Å². The quantitative estimate of drug-likeness (QED) is 0.441. The number of aromatic nitrogens is 2. The lowest BCUT2D eigenvalue weighted by Gasteiger charge is -2.07. The summed E-state index contributed by atoms with van der Waals surface area (Å²) in [5, 5.41) is 2.12. The third-order valence-corrected chi connectivity index (χ3v) is 4.74. The minimum Gasteiger partial charge on any atom is -0.343 e. The Morgan fingerprint density at radius 2 is 1.93 bits per heavy atom. The topological polar surface area (TPSA) is 71.5 Å². The minimum atomic E-state index is -0.335. The Bertz CT molecular complexity index is 1030. The first kappa shape index (κ1) is 19.8. The van der Waals surface area contributed by atoms with Gasteiger partial charge in [0.2, 0.25) is 0 Å². The number of carbonyl (C=O) groups is 1. The smallest absolute Gasteiger partial charge is 0.330 e. The normalized spacial score (nSPS) is 11.9. The molecule has 3 N–H and O–H groups in total. The van der Waals surface area contributed by atoms with E-state index in [4.69, 9.17) is 0 Å². The number of benzene rings is 2. The number of imidazole rings is 1. The highest BCUT2D eigenvalue weighted by Crippen LogP contribution is 2.15. The summed E-state index contributed by atoms with van der Waals surface area (Å²) in [7, 11) is 0. The van der Waals surface area contributed by atoms with Crippen LogP contribution in [-0.4, -0.2) is 28.4 Å². The summed E-state index contributed by atoms with van der Waals surface area (Å²) in [4.78, 5) is 27.3. The molecule has 28 heavy (non-hydrogen) atoms. The molecule has 3 rings (SSSR count). The molecule has 3 aromatic rings. The Labute approximate surface area is 162 Å². The summed E-state index contributed by atoms with van der Waals surface area (Å²) in [5.41, 5.74) is 3.09. The van der Waals surface area contributed by atoms with Gasteiger partial charge in [-0.25, -0.2) is 9.18 Å². The van der Waals surface area contributed by atoms with Crippen molar-refractivity contribution in [2.75, 3.05) is 13.1 Å². The summed E-state index contributed by atoms with van der Waals surface area (Å²) in [6, 6.07) is 13.3. The van der Waals surface area contributed by atoms with Crippen LogP contribution in [0, 0.1) is 5.82 Å². The highest BCUT2D eigenvalue weighted by atomic mass is 19.1. The summed E-state index contributed by atoms with van der Waals surface area (Å²) in [6.07, 6.45) is 4.00. The molecule has 1 aromatic heterocycles. The van der Waals surface area contributed by atoms with Gasteiger partial charge in [0.15, 0.2) is 5.78 Å². The van der Waals surface area contributed by atoms with E-state index in [1.807, 2.05) is 31.2 Å². The van der Waals surface area contributed by atoms with Crippen molar-refractivity contribution in [1.29, 1.82) is 0 Å². The Morgan fingerprint density at radius 3 is 2.68 bits per heavy atom. The maximum atomic E-state index is 12.9. The van der Waals surface area contributed by atoms with Crippen molar-refractivity contribution in [3.8, 4) is 0 Å². The molecule has 0 aliphatic carbocycles. The Morgan fingerprint density at radius 1 is 1.18 bits per heavy atom. The zero-order valence-electron chi connectivity index (χ0n) is 16.0. The molecule has 146 valence electrons. The molecule has 0 saturated heterocycles. The first-order valence-corrected chi connectivity index (χ1v) is 9.59. The lowest BCUT2D eigenvalue weighted by atomic mass is 10.1. The molecule has 2 aromatic carbocycles. The zero-order chi connectivity index (χ0) is 19.9. The van der Waals surface area contributed by atoms with Gasteiger partial charge < -0.3 is 10.3 Å². The Balaban J connectivity index is 1.52. The van der Waals surface area contributed by atoms with Gasteiger partial charge in [-0.15, -0.1) is 0 Å². The van der Waals surface area contributed by atoms with Crippen molar-refractivity contribution >= 4 is 22.5 Å². The number of fused-ring (bicyclic) bond motifs is 1. The van der Waals surface area contributed by atoms with Crippen LogP contribution in [0.1, 0.15) is 36.5 Å². The fourth-order valence-corrected chi connectivity index (χ4v) is 3.26. The largest absolute Gasteiger partial charge is 0.343 e. The van der Waals surface area contributed by atoms with Gasteiger partial charge in [-0.05, 0) is 48.9 Å². The standard InChI is InChI=1S/C22H24FN3O2/c1-2-18(26-20-7-4-3-6-19(20)25-22(26)28)13-15-24-14-5-8-21(27)16-9-11-17(23)12-10-16/h3-4,6-7,9-13,24H,2,5,8,14-15H2,1H3,(H,25,28)/p+1/b18-13+. The summed E-state index contributed by atoms with van der Waals surface area (Å²) in [5.74, 6) is -0.304. The third kappa shape index (κ3) is 4.64. The molecule has 0 aliphatic rings. The fourth-order valence-electron chi connectivity index (χ4n) is 3.26. The molecule has 5 nitrogen and oxygen atoms in total. The highest BCUT2D eigenvalue weighted by molar-refractivity contribution is 5.95. The van der Waals surface area contributed by atoms with Crippen LogP contribution in [-0.2, 0) is 0 Å². The van der Waals surface area contributed by atoms with Gasteiger partial charge in [-0.1, -0.05) is 19.1 Å². The maximum absolute atomic E-state index is 12.9. The molecule has 0 fully saturated rings. The van der Waals surface area contributed by atoms with Crippen molar-refractivity contribution in [2.24, 2.45) is 0 Å². The number of ketones is 1. The number of nitrogens with two attached hydrogens (primary N) is 1. The summed E-state index contributed by atoms with van der Waals surface area (Å²) in [6.45, 7) is 3.57. The predicted octanol–water partition coefficient (Wildman–Crippen LogP) is 2.95. The molecule has 0 spiro atoms. The number of Topliss-reactive ketones (excluding diaryl/α,β-unsaturated/α-hetero) is 1. The van der Waals surface area contributed by atoms with Gasteiger partial charge in [-0.3, -0.25) is 9.36 Å². The average molecular weight is 382 g/mol. The molecule has 0 bridgehead atoms. The van der Waals surface area contributed by atoms with Crippen molar-refractivity contribution in [3.63, 3.8) is 0 Å². The number of H-pyrrole nitrogens is 1. The van der Waals surface area contributed by atoms with Crippen LogP contribution >= 0.6 is 0 Å². The van der Waals surface area contributed by atoms with E-state index in [-0.39, 0.29) is 17.3 Å². The van der Waals surface area contributed by atoms with Gasteiger partial charge in [0.05, 0.1) is 24.1 Å². The highest BCUT2D eigenvalue weighted by Gasteiger charge is 2.09. The van der Waals surface area contributed by atoms with E-state index in [0.29, 0.717) is 12.0 Å². The molecule has 1 heterocycles. The number of carbonyl (C=O) groups excluding carboxylic acids is 1. The third-order valence-electron chi connectivity index (χ3n) is 4.74. The van der Waals surface area contributed by atoms with Crippen LogP contribution in [0.2, 0.25) is 0 Å². The van der Waals surface area contributed by atoms with E-state index in [0.717, 1.165) is 42.7 Å². The number of nitrogens with one attached hydrogen (secondary N) is 1. The molecule has 6 heteroatoms. The molecule has 0 saturated carbocycles. The molecule has 0 radical (unpaired) electrons. The molecule has 0 aliphatic heterocycles. The van der Waals surface area contributed by atoms with Crippen LogP contribution in [0.25, 0.3) is 16.7 Å². The number of halogens is 1. The van der Waals surface area contributed by atoms with Crippen LogP contribution in [0.15, 0.2) is 59.4 Å². The second kappa shape index (κ2) is 9.28. The van der Waals surface area contributed by atoms with E-state index >= 15 is 0 Å². The second-order valence-corrected chi connectivity index (χ2v) is 6.68. The number of rotatable bonds is 9. The van der Waals surface area contributed by atoms with Crippen molar-refractivity contribution in [3.05, 3.63) is 76.5 Å². The monoisotopic (exact) mass is 382 g/mol. The van der Waals surface area contributed by atoms with Crippen LogP contribution < -0.4 is 11.0 Å². The Hall–Kier alpha value is -2.99. The fraction of sp³-hybridized carbons (Fsp3) is 0.273. The van der Waals surface area contributed by atoms with Gasteiger partial charge in [0.25, 0.3) is 0 Å². The van der Waals surface area contributed by atoms with E-state index in [9.17, 15) is 14.0 Å². The minimum absolute atomic E-state index is 0.0311. The zero-order valence-corrected chi connectivity index (χ0v) is 16.0. The number of quaternary nitrogens is 1. The number of hydrogen-bond acceptors (Lipinski definition) is 2. The second-order valence-electron chi connectivity index (χ2n) is 6.68. The van der Waals surface area contributed by atoms with Crippen molar-refractivity contribution in [2.45, 2.75) is 26.2 Å². The summed E-state index contributed by atoms with van der Waals surface area (Å²) < 4.78 is 14.6. The molecular formula is C22H25FN3O2+. The van der Waals surface area contributed by atoms with E-state index < -0.39 is 0 Å². The maximum Gasteiger partial charge on any atom is 0.330 e. The number of hydrogen-bond donors (Lipinski definition) is 2. The average Bonchev–Trinajstić information content (AvgIpc) is 3.03. The van der Waals surface area contributed by atoms with E-state index in [2.05, 4.69) is 16.4 Å². The summed E-state index contributed by atoms with van der Waals surface area (Å²) >= 11 is 0. The van der Waals surface area contributed by atoms with Gasteiger partial charge >= 0.3 is 5.69 Å². The predicted molar refractivity (Wildman–Crippen MR) is 109 cm³/mol. The van der Waals surface area contributed by atoms with Crippen molar-refractivity contribution in [1.82, 2.24) is 9.55 Å². The van der Waals surface area contributed by atoms with Crippen LogP contribution in [0.5, 0.6) is 0 Å². The number of nitrogens with zero attached hydrogens (tertiary/aromatic N) is 1. The number of allylic oxidation sites excluding steroid dienone is 1. The van der Waals surface area contributed by atoms with Gasteiger partial charge in [-0.2, -0.15) is 0 Å².